The van der Waals surface area contributed by atoms with Crippen molar-refractivity contribution >= 4 is 119 Å². The van der Waals surface area contributed by atoms with Crippen molar-refractivity contribution in [2.45, 2.75) is 0 Å². The molecule has 0 amide bonds. The van der Waals surface area contributed by atoms with Gasteiger partial charge < -0.3 is 14.7 Å². The summed E-state index contributed by atoms with van der Waals surface area (Å²) in [6.45, 7) is 0. The molecule has 0 aromatic rings. The van der Waals surface area contributed by atoms with E-state index < -0.39 is 7.82 Å². The Balaban J connectivity index is -0.00000000800. The van der Waals surface area contributed by atoms with Gasteiger partial charge in [0.2, 0.25) is 0 Å². The Labute approximate surface area is 136 Å². The van der Waals surface area contributed by atoms with Crippen LogP contribution in [0.15, 0.2) is 0 Å². The van der Waals surface area contributed by atoms with Crippen LogP contribution < -0.4 is 0 Å². The molecule has 0 radical (unpaired) electrons. The Bertz CT molecular complexity index is 66.6. The zero-order valence-electron chi connectivity index (χ0n) is 3.42. The molecule has 0 rings (SSSR count). The quantitative estimate of drug-likeness (QED) is 0.382. The topological polar surface area (TPSA) is 77.8 Å². The Morgan fingerprint density at radius 2 is 0.900 bits per heavy atom. The van der Waals surface area contributed by atoms with E-state index in [1.54, 1.807) is 0 Å². The average Bonchev–Trinajstić information content (AvgIpc) is 0.722. The first-order valence-corrected chi connectivity index (χ1v) is 2.35. The van der Waals surface area contributed by atoms with Gasteiger partial charge in [-0.15, -0.1) is 37.2 Å². The van der Waals surface area contributed by atoms with Crippen molar-refractivity contribution in [3.8, 4) is 0 Å². The van der Waals surface area contributed by atoms with Gasteiger partial charge in [0, 0.05) is 0 Å². The van der Waals surface area contributed by atoms with Crippen LogP contribution in [0.4, 0.5) is 0 Å². The number of phosphoric acid groups is 1. The molecule has 4 nitrogen and oxygen atoms in total. The Morgan fingerprint density at radius 3 is 0.900 bits per heavy atom. The Kier molecular flexibility index (Phi) is 68.6. The van der Waals surface area contributed by atoms with Crippen LogP contribution in [0.25, 0.3) is 0 Å². The fourth-order valence-corrected chi connectivity index (χ4v) is 0. The minimum Gasteiger partial charge on any atom is 0.316 e. The molecule has 10 heavy (non-hydrogen) atoms. The van der Waals surface area contributed by atoms with Crippen LogP contribution in [0, 0.1) is 0 Å². The van der Waals surface area contributed by atoms with E-state index in [0.29, 0.717) is 0 Å². The smallest absolute Gasteiger partial charge is 0.316 e. The maximum Gasteiger partial charge on any atom is 0.316 e. The van der Waals surface area contributed by atoms with Gasteiger partial charge in [-0.3, -0.25) is 0 Å². The Morgan fingerprint density at radius 1 is 0.900 bits per heavy atom. The van der Waals surface area contributed by atoms with E-state index in [2.05, 4.69) is 0 Å². The van der Waals surface area contributed by atoms with E-state index in [9.17, 15) is 0 Å². The van der Waals surface area contributed by atoms with Crippen LogP contribution in [0.3, 0.4) is 0 Å². The first-order valence-electron chi connectivity index (χ1n) is 0.783. The zero-order valence-corrected chi connectivity index (χ0v) is 6.77. The van der Waals surface area contributed by atoms with E-state index in [1.807, 2.05) is 0 Å². The molecule has 0 aliphatic carbocycles. The summed E-state index contributed by atoms with van der Waals surface area (Å²) in [5.74, 6) is 0. The molecule has 0 aromatic carbocycles. The molecule has 0 fully saturated rings. The molecule has 0 aliphatic rings. The van der Waals surface area contributed by atoms with Crippen LogP contribution in [0.2, 0.25) is 0 Å². The third-order valence-corrected chi connectivity index (χ3v) is 0. The molecule has 0 aliphatic heterocycles. The summed E-state index contributed by atoms with van der Waals surface area (Å²) in [5.41, 5.74) is 0. The third-order valence-electron chi connectivity index (χ3n) is 0. The Hall–Kier alpha value is 3.38. The van der Waals surface area contributed by atoms with Crippen molar-refractivity contribution in [1.82, 2.24) is 0 Å². The molecule has 0 saturated heterocycles. The molecule has 10 heteroatoms. The van der Waals surface area contributed by atoms with E-state index >= 15 is 0 Å². The second-order valence-electron chi connectivity index (χ2n) is 0.513. The molecule has 0 atom stereocenters. The molecule has 0 saturated carbocycles. The molecule has 0 aromatic heterocycles. The predicted molar refractivity (Wildman–Crippen MR) is 51.7 cm³/mol. The third kappa shape index (κ3) is 107. The number of rotatable bonds is 0. The molecule has 62 valence electrons. The first-order chi connectivity index (χ1) is 2.00. The van der Waals surface area contributed by atoms with Gasteiger partial charge >= 0.3 is 82.3 Å². The number of hydrogen-bond donors (Lipinski definition) is 3. The van der Waals surface area contributed by atoms with Crippen molar-refractivity contribution in [1.29, 1.82) is 0 Å². The van der Waals surface area contributed by atoms with E-state index in [1.165, 1.54) is 0 Å². The standard InChI is InChI=1S/3ClH.K.Mg.H3O4P.3H/c;;;;;1-5(2,3)4;;;/h3*1H;;;(H3,1,2,3,4);;;. The second kappa shape index (κ2) is 18.2. The predicted octanol–water partition coefficient (Wildman–Crippen LogP) is -1.23. The summed E-state index contributed by atoms with van der Waals surface area (Å²) in [4.78, 5) is 21.6. The first kappa shape index (κ1) is 37.6. The van der Waals surface area contributed by atoms with Crippen molar-refractivity contribution < 1.29 is 19.2 Å². The minimum atomic E-state index is -4.64. The van der Waals surface area contributed by atoms with Gasteiger partial charge in [-0.1, -0.05) is 0 Å². The van der Waals surface area contributed by atoms with Gasteiger partial charge in [-0.05, 0) is 0 Å². The largest absolute Gasteiger partial charge is 0.316 e. The van der Waals surface area contributed by atoms with Crippen molar-refractivity contribution in [3.63, 3.8) is 0 Å². The second-order valence-corrected chi connectivity index (χ2v) is 1.54. The summed E-state index contributed by atoms with van der Waals surface area (Å²) in [6, 6.07) is 0. The van der Waals surface area contributed by atoms with Crippen molar-refractivity contribution in [2.75, 3.05) is 0 Å². The molecular weight excluding hydrogens is 265 g/mol. The van der Waals surface area contributed by atoms with Gasteiger partial charge in [0.15, 0.2) is 0 Å². The molecule has 0 unspecified atom stereocenters. The summed E-state index contributed by atoms with van der Waals surface area (Å²) in [7, 11) is -4.64. The van der Waals surface area contributed by atoms with Crippen LogP contribution >= 0.6 is 45.0 Å². The molecule has 0 spiro atoms. The maximum atomic E-state index is 8.88. The molecular formula is H9Cl3KMgO4P. The van der Waals surface area contributed by atoms with Gasteiger partial charge in [-0.2, -0.15) is 0 Å². The summed E-state index contributed by atoms with van der Waals surface area (Å²) in [5, 5.41) is 0. The van der Waals surface area contributed by atoms with Gasteiger partial charge in [0.05, 0.1) is 0 Å². The fourth-order valence-electron chi connectivity index (χ4n) is 0. The molecule has 3 N–H and O–H groups in total. The summed E-state index contributed by atoms with van der Waals surface area (Å²) in [6.07, 6.45) is 0. The summed E-state index contributed by atoms with van der Waals surface area (Å²) >= 11 is 0. The molecule has 0 bridgehead atoms. The van der Waals surface area contributed by atoms with Crippen LogP contribution in [0.5, 0.6) is 0 Å². The van der Waals surface area contributed by atoms with Crippen molar-refractivity contribution in [3.05, 3.63) is 0 Å². The van der Waals surface area contributed by atoms with E-state index in [4.69, 9.17) is 19.2 Å². The zero-order chi connectivity index (χ0) is 4.50. The maximum absolute atomic E-state index is 8.88. The normalized spacial score (nSPS) is 5.90. The van der Waals surface area contributed by atoms with E-state index in [-0.39, 0.29) is 112 Å². The van der Waals surface area contributed by atoms with Crippen LogP contribution in [0.1, 0.15) is 0 Å². The monoisotopic (exact) mass is 272 g/mol. The van der Waals surface area contributed by atoms with Crippen LogP contribution in [-0.2, 0) is 4.57 Å². The summed E-state index contributed by atoms with van der Waals surface area (Å²) < 4.78 is 8.88. The van der Waals surface area contributed by atoms with Gasteiger partial charge in [0.1, 0.15) is 0 Å². The van der Waals surface area contributed by atoms with E-state index in [0.717, 1.165) is 0 Å². The number of halogens is 3. The van der Waals surface area contributed by atoms with Crippen LogP contribution in [-0.4, -0.2) is 89.1 Å². The number of hydrogen-bond acceptors (Lipinski definition) is 1. The fraction of sp³-hybridized carbons (Fsp3) is 0. The molecule has 0 heterocycles. The van der Waals surface area contributed by atoms with Gasteiger partial charge in [0.25, 0.3) is 0 Å². The minimum absolute atomic E-state index is 0. The average molecular weight is 274 g/mol. The SMILES string of the molecule is Cl.Cl.Cl.O=P(O)(O)O.[KH].[MgH2]. The van der Waals surface area contributed by atoms with Gasteiger partial charge in [-0.25, -0.2) is 4.57 Å². The van der Waals surface area contributed by atoms with Crippen molar-refractivity contribution in [2.24, 2.45) is 0 Å².